The van der Waals surface area contributed by atoms with E-state index in [1.807, 2.05) is 36.4 Å². The Kier molecular flexibility index (Phi) is 5.70. The third-order valence-electron chi connectivity index (χ3n) is 2.97. The molecular formula is C16H20N4O. The summed E-state index contributed by atoms with van der Waals surface area (Å²) in [7, 11) is 0. The summed E-state index contributed by atoms with van der Waals surface area (Å²) in [5, 5.41) is 13.9. The predicted molar refractivity (Wildman–Crippen MR) is 84.2 cm³/mol. The molecule has 0 aliphatic rings. The number of anilines is 2. The van der Waals surface area contributed by atoms with E-state index in [1.165, 1.54) is 0 Å². The van der Waals surface area contributed by atoms with Crippen LogP contribution in [0.5, 0.6) is 0 Å². The number of nitrogens with one attached hydrogen (secondary N) is 2. The molecule has 0 bridgehead atoms. The van der Waals surface area contributed by atoms with Gasteiger partial charge in [-0.1, -0.05) is 37.3 Å². The maximum Gasteiger partial charge on any atom is 0.225 e. The van der Waals surface area contributed by atoms with Crippen molar-refractivity contribution < 1.29 is 4.79 Å². The maximum atomic E-state index is 11.8. The topological polar surface area (TPSA) is 66.9 Å². The Hall–Kier alpha value is -2.43. The molecule has 0 saturated heterocycles. The van der Waals surface area contributed by atoms with Gasteiger partial charge in [-0.25, -0.2) is 0 Å². The Bertz CT molecular complexity index is 554. The highest BCUT2D eigenvalue weighted by molar-refractivity contribution is 5.89. The number of rotatable bonds is 7. The summed E-state index contributed by atoms with van der Waals surface area (Å²) in [5.41, 5.74) is 1.15. The summed E-state index contributed by atoms with van der Waals surface area (Å²) in [5.74, 6) is 1.15. The summed E-state index contributed by atoms with van der Waals surface area (Å²) >= 11 is 0. The molecular weight excluding hydrogens is 264 g/mol. The lowest BCUT2D eigenvalue weighted by Gasteiger charge is -2.06. The van der Waals surface area contributed by atoms with Gasteiger partial charge in [0.1, 0.15) is 5.82 Å². The number of benzene rings is 1. The molecule has 0 aliphatic heterocycles. The van der Waals surface area contributed by atoms with Crippen molar-refractivity contribution in [3.05, 3.63) is 48.0 Å². The van der Waals surface area contributed by atoms with E-state index in [9.17, 15) is 4.79 Å². The molecule has 5 nitrogen and oxygen atoms in total. The summed E-state index contributed by atoms with van der Waals surface area (Å²) in [6.45, 7) is 2.94. The molecule has 1 heterocycles. The van der Waals surface area contributed by atoms with E-state index in [-0.39, 0.29) is 5.91 Å². The first-order valence-corrected chi connectivity index (χ1v) is 7.19. The fraction of sp³-hybridized carbons (Fsp3) is 0.312. The molecule has 5 heteroatoms. The first kappa shape index (κ1) is 15.0. The zero-order valence-corrected chi connectivity index (χ0v) is 12.2. The summed E-state index contributed by atoms with van der Waals surface area (Å²) in [6.07, 6.45) is 2.18. The van der Waals surface area contributed by atoms with Crippen LogP contribution in [0.1, 0.15) is 25.3 Å². The molecule has 0 fully saturated rings. The van der Waals surface area contributed by atoms with Crippen molar-refractivity contribution in [1.29, 1.82) is 0 Å². The van der Waals surface area contributed by atoms with Gasteiger partial charge in [-0.2, -0.15) is 0 Å². The van der Waals surface area contributed by atoms with Crippen LogP contribution in [-0.2, 0) is 11.2 Å². The Morgan fingerprint density at radius 1 is 1.05 bits per heavy atom. The Labute approximate surface area is 124 Å². The van der Waals surface area contributed by atoms with Gasteiger partial charge in [-0.05, 0) is 30.5 Å². The highest BCUT2D eigenvalue weighted by Crippen LogP contribution is 2.08. The molecule has 2 N–H and O–H groups in total. The number of hydrogen-bond donors (Lipinski definition) is 2. The van der Waals surface area contributed by atoms with Crippen LogP contribution < -0.4 is 10.6 Å². The van der Waals surface area contributed by atoms with Gasteiger partial charge in [0.15, 0.2) is 5.82 Å². The van der Waals surface area contributed by atoms with Gasteiger partial charge >= 0.3 is 0 Å². The number of carbonyl (C=O) groups is 1. The fourth-order valence-corrected chi connectivity index (χ4v) is 1.85. The number of aryl methyl sites for hydroxylation is 1. The molecule has 0 atom stereocenters. The van der Waals surface area contributed by atoms with Crippen molar-refractivity contribution in [2.24, 2.45) is 0 Å². The first-order chi connectivity index (χ1) is 10.3. The smallest absolute Gasteiger partial charge is 0.225 e. The second-order valence-corrected chi connectivity index (χ2v) is 4.76. The summed E-state index contributed by atoms with van der Waals surface area (Å²) < 4.78 is 0. The molecule has 0 spiro atoms. The van der Waals surface area contributed by atoms with E-state index in [2.05, 4.69) is 27.8 Å². The molecule has 110 valence electrons. The van der Waals surface area contributed by atoms with Crippen LogP contribution in [0.25, 0.3) is 0 Å². The van der Waals surface area contributed by atoms with Gasteiger partial charge < -0.3 is 10.6 Å². The minimum absolute atomic E-state index is 0.0533. The fourth-order valence-electron chi connectivity index (χ4n) is 1.85. The van der Waals surface area contributed by atoms with Crippen LogP contribution in [0.4, 0.5) is 11.6 Å². The predicted octanol–water partition coefficient (Wildman–Crippen LogP) is 2.87. The lowest BCUT2D eigenvalue weighted by Crippen LogP contribution is -2.14. The van der Waals surface area contributed by atoms with Crippen molar-refractivity contribution in [3.63, 3.8) is 0 Å². The van der Waals surface area contributed by atoms with E-state index < -0.39 is 0 Å². The molecule has 2 aromatic rings. The highest BCUT2D eigenvalue weighted by atomic mass is 16.1. The van der Waals surface area contributed by atoms with E-state index in [1.54, 1.807) is 6.07 Å². The number of nitrogens with zero attached hydrogens (tertiary/aromatic N) is 2. The van der Waals surface area contributed by atoms with Crippen LogP contribution in [0.15, 0.2) is 42.5 Å². The van der Waals surface area contributed by atoms with Crippen molar-refractivity contribution in [1.82, 2.24) is 10.2 Å². The summed E-state index contributed by atoms with van der Waals surface area (Å²) in [6, 6.07) is 13.5. The van der Waals surface area contributed by atoms with E-state index in [4.69, 9.17) is 0 Å². The normalized spacial score (nSPS) is 10.1. The highest BCUT2D eigenvalue weighted by Gasteiger charge is 2.04. The average molecular weight is 284 g/mol. The Morgan fingerprint density at radius 3 is 2.43 bits per heavy atom. The molecule has 0 unspecified atom stereocenters. The third kappa shape index (κ3) is 5.22. The van der Waals surface area contributed by atoms with E-state index in [0.29, 0.717) is 12.2 Å². The average Bonchev–Trinajstić information content (AvgIpc) is 2.53. The minimum atomic E-state index is -0.0533. The van der Waals surface area contributed by atoms with Crippen LogP contribution >= 0.6 is 0 Å². The molecule has 1 aromatic heterocycles. The van der Waals surface area contributed by atoms with Gasteiger partial charge in [0.2, 0.25) is 5.91 Å². The monoisotopic (exact) mass is 284 g/mol. The largest absolute Gasteiger partial charge is 0.369 e. The lowest BCUT2D eigenvalue weighted by atomic mass is 10.1. The molecule has 1 aromatic carbocycles. The molecule has 1 amide bonds. The number of carbonyl (C=O) groups excluding carboxylic acids is 1. The number of amides is 1. The van der Waals surface area contributed by atoms with Gasteiger partial charge in [-0.15, -0.1) is 10.2 Å². The van der Waals surface area contributed by atoms with Crippen LogP contribution in [-0.4, -0.2) is 22.6 Å². The zero-order valence-electron chi connectivity index (χ0n) is 12.2. The lowest BCUT2D eigenvalue weighted by molar-refractivity contribution is -0.116. The van der Waals surface area contributed by atoms with E-state index in [0.717, 1.165) is 30.8 Å². The standard InChI is InChI=1S/C16H20N4O/c1-2-12-17-14-9-10-15(20-19-14)18-16(21)11-8-13-6-4-3-5-7-13/h3-7,9-10H,2,8,11-12H2,1H3,(H,17,19)(H,18,20,21). The zero-order chi connectivity index (χ0) is 14.9. The van der Waals surface area contributed by atoms with Gasteiger partial charge in [0.25, 0.3) is 0 Å². The first-order valence-electron chi connectivity index (χ1n) is 7.19. The van der Waals surface area contributed by atoms with Gasteiger partial charge in [0, 0.05) is 13.0 Å². The number of aromatic nitrogens is 2. The van der Waals surface area contributed by atoms with Crippen molar-refractivity contribution in [2.75, 3.05) is 17.2 Å². The van der Waals surface area contributed by atoms with Gasteiger partial charge in [0.05, 0.1) is 0 Å². The van der Waals surface area contributed by atoms with Crippen LogP contribution in [0, 0.1) is 0 Å². The van der Waals surface area contributed by atoms with Crippen molar-refractivity contribution >= 4 is 17.5 Å². The van der Waals surface area contributed by atoms with Gasteiger partial charge in [-0.3, -0.25) is 4.79 Å². The Morgan fingerprint density at radius 2 is 1.76 bits per heavy atom. The number of hydrogen-bond acceptors (Lipinski definition) is 4. The minimum Gasteiger partial charge on any atom is -0.369 e. The molecule has 0 aliphatic carbocycles. The maximum absolute atomic E-state index is 11.8. The molecule has 0 saturated carbocycles. The molecule has 0 radical (unpaired) electrons. The molecule has 21 heavy (non-hydrogen) atoms. The van der Waals surface area contributed by atoms with Crippen LogP contribution in [0.3, 0.4) is 0 Å². The third-order valence-corrected chi connectivity index (χ3v) is 2.97. The van der Waals surface area contributed by atoms with E-state index >= 15 is 0 Å². The Balaban J connectivity index is 1.79. The quantitative estimate of drug-likeness (QED) is 0.820. The van der Waals surface area contributed by atoms with Crippen molar-refractivity contribution in [3.8, 4) is 0 Å². The second kappa shape index (κ2) is 7.99. The SMILES string of the molecule is CCCNc1ccc(NC(=O)CCc2ccccc2)nn1. The van der Waals surface area contributed by atoms with Crippen LogP contribution in [0.2, 0.25) is 0 Å². The summed E-state index contributed by atoms with van der Waals surface area (Å²) in [4.78, 5) is 11.8. The molecule has 2 rings (SSSR count). The second-order valence-electron chi connectivity index (χ2n) is 4.76. The van der Waals surface area contributed by atoms with Crippen molar-refractivity contribution in [2.45, 2.75) is 26.2 Å².